The van der Waals surface area contributed by atoms with Crippen LogP contribution in [0.4, 0.5) is 0 Å². The molecular formula is C34H35N3O4. The topological polar surface area (TPSA) is 82.9 Å². The number of pyridine rings is 2. The van der Waals surface area contributed by atoms with Crippen molar-refractivity contribution in [2.45, 2.75) is 46.1 Å². The van der Waals surface area contributed by atoms with Gasteiger partial charge in [0.15, 0.2) is 11.5 Å². The van der Waals surface area contributed by atoms with Gasteiger partial charge in [-0.05, 0) is 59.5 Å². The molecule has 1 atom stereocenters. The van der Waals surface area contributed by atoms with E-state index < -0.39 is 0 Å². The van der Waals surface area contributed by atoms with E-state index in [4.69, 9.17) is 19.2 Å². The van der Waals surface area contributed by atoms with Crippen molar-refractivity contribution in [1.82, 2.24) is 9.97 Å². The van der Waals surface area contributed by atoms with Gasteiger partial charge in [0, 0.05) is 54.0 Å². The average molecular weight is 550 g/mol. The first-order valence-electron chi connectivity index (χ1n) is 13.7. The molecule has 2 aromatic heterocycles. The van der Waals surface area contributed by atoms with Crippen LogP contribution in [0.15, 0.2) is 89.8 Å². The molecule has 0 saturated heterocycles. The molecule has 210 valence electrons. The van der Waals surface area contributed by atoms with E-state index in [0.717, 1.165) is 33.3 Å². The van der Waals surface area contributed by atoms with Crippen molar-refractivity contribution in [3.05, 3.63) is 96.0 Å². The molecule has 0 spiro atoms. The minimum Gasteiger partial charge on any atom is -0.493 e. The van der Waals surface area contributed by atoms with Crippen LogP contribution in [0.25, 0.3) is 10.9 Å². The van der Waals surface area contributed by atoms with Crippen LogP contribution in [-0.2, 0) is 11.2 Å². The molecule has 1 aliphatic heterocycles. The number of ether oxygens (including phenoxy) is 3. The molecule has 1 aliphatic rings. The Morgan fingerprint density at radius 3 is 2.46 bits per heavy atom. The molecule has 0 amide bonds. The summed E-state index contributed by atoms with van der Waals surface area (Å²) in [4.78, 5) is 26.8. The van der Waals surface area contributed by atoms with Crippen molar-refractivity contribution in [2.24, 2.45) is 10.4 Å². The van der Waals surface area contributed by atoms with Crippen molar-refractivity contribution < 1.29 is 19.0 Å². The Balaban J connectivity index is 1.27. The maximum Gasteiger partial charge on any atom is 0.162 e. The summed E-state index contributed by atoms with van der Waals surface area (Å²) in [5, 5.41) is 0.802. The van der Waals surface area contributed by atoms with Gasteiger partial charge in [-0.2, -0.15) is 0 Å². The molecule has 2 aromatic carbocycles. The van der Waals surface area contributed by atoms with Crippen molar-refractivity contribution in [2.75, 3.05) is 14.2 Å². The zero-order valence-electron chi connectivity index (χ0n) is 24.2. The van der Waals surface area contributed by atoms with E-state index >= 15 is 0 Å². The summed E-state index contributed by atoms with van der Waals surface area (Å²) >= 11 is 0. The van der Waals surface area contributed by atoms with Gasteiger partial charge in [0.05, 0.1) is 25.8 Å². The quantitative estimate of drug-likeness (QED) is 0.204. The van der Waals surface area contributed by atoms with E-state index in [-0.39, 0.29) is 17.2 Å². The molecule has 7 heteroatoms. The number of ketones is 1. The van der Waals surface area contributed by atoms with Crippen molar-refractivity contribution in [1.29, 1.82) is 0 Å². The predicted molar refractivity (Wildman–Crippen MR) is 161 cm³/mol. The summed E-state index contributed by atoms with van der Waals surface area (Å²) in [6.07, 6.45) is 8.92. The lowest BCUT2D eigenvalue weighted by molar-refractivity contribution is -0.118. The van der Waals surface area contributed by atoms with Crippen LogP contribution in [0.5, 0.6) is 23.0 Å². The number of benzene rings is 2. The second-order valence-electron chi connectivity index (χ2n) is 11.2. The minimum atomic E-state index is -0.0868. The number of hydrogen-bond acceptors (Lipinski definition) is 7. The van der Waals surface area contributed by atoms with Gasteiger partial charge in [-0.3, -0.25) is 19.8 Å². The highest BCUT2D eigenvalue weighted by Crippen LogP contribution is 2.38. The van der Waals surface area contributed by atoms with E-state index in [1.807, 2.05) is 60.8 Å². The second kappa shape index (κ2) is 11.9. The number of nitrogens with zero attached hydrogens (tertiary/aromatic N) is 3. The number of methoxy groups -OCH3 is 2. The fourth-order valence-corrected chi connectivity index (χ4v) is 4.94. The summed E-state index contributed by atoms with van der Waals surface area (Å²) in [5.74, 6) is 2.66. The SMILES string of the molecule is COc1cc2nccc(Oc3cccc(CC(=O)CCC4=CC(C(C)(C)C)=NC4c4cccnc4)c3)c2cc1OC. The summed E-state index contributed by atoms with van der Waals surface area (Å²) in [7, 11) is 3.19. The van der Waals surface area contributed by atoms with Gasteiger partial charge < -0.3 is 14.2 Å². The molecule has 0 bridgehead atoms. The van der Waals surface area contributed by atoms with Crippen LogP contribution in [0, 0.1) is 5.41 Å². The maximum absolute atomic E-state index is 13.1. The Labute approximate surface area is 240 Å². The van der Waals surface area contributed by atoms with Crippen molar-refractivity contribution in [3.8, 4) is 23.0 Å². The molecule has 0 radical (unpaired) electrons. The highest BCUT2D eigenvalue weighted by molar-refractivity contribution is 6.01. The number of allylic oxidation sites excluding steroid dienone is 1. The maximum atomic E-state index is 13.1. The Kier molecular flexibility index (Phi) is 8.15. The van der Waals surface area contributed by atoms with Gasteiger partial charge in [-0.25, -0.2) is 0 Å². The Morgan fingerprint density at radius 2 is 1.73 bits per heavy atom. The molecule has 5 rings (SSSR count). The molecule has 4 aromatic rings. The van der Waals surface area contributed by atoms with Gasteiger partial charge in [0.1, 0.15) is 17.3 Å². The minimum absolute atomic E-state index is 0.0655. The molecule has 41 heavy (non-hydrogen) atoms. The fourth-order valence-electron chi connectivity index (χ4n) is 4.94. The number of hydrogen-bond donors (Lipinski definition) is 0. The third-order valence-electron chi connectivity index (χ3n) is 7.14. The summed E-state index contributed by atoms with van der Waals surface area (Å²) in [6.45, 7) is 6.48. The molecule has 7 nitrogen and oxygen atoms in total. The summed E-state index contributed by atoms with van der Waals surface area (Å²) in [5.41, 5.74) is 4.83. The zero-order chi connectivity index (χ0) is 29.0. The van der Waals surface area contributed by atoms with Gasteiger partial charge >= 0.3 is 0 Å². The third kappa shape index (κ3) is 6.46. The number of carbonyl (C=O) groups excluding carboxylic acids is 1. The molecule has 0 fully saturated rings. The first-order valence-corrected chi connectivity index (χ1v) is 13.7. The number of aromatic nitrogens is 2. The van der Waals surface area contributed by atoms with Crippen molar-refractivity contribution in [3.63, 3.8) is 0 Å². The average Bonchev–Trinajstić information content (AvgIpc) is 3.41. The van der Waals surface area contributed by atoms with Gasteiger partial charge in [-0.1, -0.05) is 39.0 Å². The zero-order valence-corrected chi connectivity index (χ0v) is 24.2. The largest absolute Gasteiger partial charge is 0.493 e. The molecule has 0 N–H and O–H groups in total. The predicted octanol–water partition coefficient (Wildman–Crippen LogP) is 7.50. The third-order valence-corrected chi connectivity index (χ3v) is 7.14. The Bertz CT molecular complexity index is 1620. The summed E-state index contributed by atoms with van der Waals surface area (Å²) < 4.78 is 17.1. The lowest BCUT2D eigenvalue weighted by atomic mass is 9.89. The number of rotatable bonds is 10. The summed E-state index contributed by atoms with van der Waals surface area (Å²) in [6, 6.07) is 17.0. The van der Waals surface area contributed by atoms with Crippen molar-refractivity contribution >= 4 is 22.4 Å². The van der Waals surface area contributed by atoms with Crippen LogP contribution in [0.3, 0.4) is 0 Å². The molecular weight excluding hydrogens is 514 g/mol. The van der Waals surface area contributed by atoms with Crippen LogP contribution < -0.4 is 14.2 Å². The second-order valence-corrected chi connectivity index (χ2v) is 11.2. The van der Waals surface area contributed by atoms with Gasteiger partial charge in [0.25, 0.3) is 0 Å². The van der Waals surface area contributed by atoms with Crippen LogP contribution in [-0.4, -0.2) is 35.7 Å². The molecule has 1 unspecified atom stereocenters. The number of aliphatic imine (C=N–C) groups is 1. The van der Waals surface area contributed by atoms with Gasteiger partial charge in [0.2, 0.25) is 0 Å². The van der Waals surface area contributed by atoms with E-state index in [2.05, 4.69) is 36.8 Å². The molecule has 0 saturated carbocycles. The van der Waals surface area contributed by atoms with Gasteiger partial charge in [-0.15, -0.1) is 0 Å². The van der Waals surface area contributed by atoms with Crippen LogP contribution >= 0.6 is 0 Å². The fraction of sp³-hybridized carbons (Fsp3) is 0.294. The van der Waals surface area contributed by atoms with E-state index in [0.29, 0.717) is 42.3 Å². The van der Waals surface area contributed by atoms with Crippen LogP contribution in [0.2, 0.25) is 0 Å². The standard InChI is InChI=1S/C34H35N3O4/c1-34(2,3)32-18-23(33(37-32)24-9-7-14-35-21-24)11-12-25(38)16-22-8-6-10-26(17-22)41-29-13-15-36-28-20-31(40-5)30(39-4)19-27(28)29/h6-10,13-15,17-21,33H,11-12,16H2,1-5H3. The molecule has 0 aliphatic carbocycles. The van der Waals surface area contributed by atoms with E-state index in [1.165, 1.54) is 0 Å². The lowest BCUT2D eigenvalue weighted by Crippen LogP contribution is -2.16. The normalized spacial score (nSPS) is 14.9. The Hall–Kier alpha value is -4.52. The molecule has 3 heterocycles. The first kappa shape index (κ1) is 28.0. The monoisotopic (exact) mass is 549 g/mol. The number of fused-ring (bicyclic) bond motifs is 1. The number of carbonyl (C=O) groups is 1. The van der Waals surface area contributed by atoms with E-state index in [1.54, 1.807) is 26.6 Å². The first-order chi connectivity index (χ1) is 19.7. The Morgan fingerprint density at radius 1 is 0.927 bits per heavy atom. The highest BCUT2D eigenvalue weighted by atomic mass is 16.5. The lowest BCUT2D eigenvalue weighted by Gasteiger charge is -2.17. The van der Waals surface area contributed by atoms with Crippen LogP contribution in [0.1, 0.15) is 50.8 Å². The smallest absolute Gasteiger partial charge is 0.162 e. The van der Waals surface area contributed by atoms with E-state index in [9.17, 15) is 4.79 Å². The highest BCUT2D eigenvalue weighted by Gasteiger charge is 2.28. The number of Topliss-reactive ketones (excluding diaryl/α,β-unsaturated/α-hetero) is 1.